The van der Waals surface area contributed by atoms with Crippen LogP contribution in [0.4, 0.5) is 0 Å². The lowest BCUT2D eigenvalue weighted by Crippen LogP contribution is -1.97. The number of aromatic hydroxyl groups is 2. The predicted octanol–water partition coefficient (Wildman–Crippen LogP) is 2.44. The van der Waals surface area contributed by atoms with E-state index >= 15 is 0 Å². The molecule has 0 bridgehead atoms. The van der Waals surface area contributed by atoms with Crippen LogP contribution >= 0.6 is 11.6 Å². The first-order valence-electron chi connectivity index (χ1n) is 4.58. The first kappa shape index (κ1) is 12.4. The molecule has 1 aromatic carbocycles. The van der Waals surface area contributed by atoms with Crippen LogP contribution in [-0.4, -0.2) is 27.2 Å². The Balaban J connectivity index is 3.09. The van der Waals surface area contributed by atoms with E-state index in [0.717, 1.165) is 6.07 Å². The maximum absolute atomic E-state index is 10.7. The minimum absolute atomic E-state index is 0.173. The van der Waals surface area contributed by atoms with Crippen LogP contribution in [0, 0.1) is 0 Å². The lowest BCUT2D eigenvalue weighted by molar-refractivity contribution is 0.0693. The highest BCUT2D eigenvalue weighted by atomic mass is 35.5. The van der Waals surface area contributed by atoms with Crippen LogP contribution in [0.3, 0.4) is 0 Å². The normalized spacial score (nSPS) is 10.8. The molecule has 0 amide bonds. The number of alkyl halides is 1. The van der Waals surface area contributed by atoms with Crippen molar-refractivity contribution in [1.82, 2.24) is 0 Å². The van der Waals surface area contributed by atoms with Crippen LogP contribution in [-0.2, 0) is 0 Å². The Morgan fingerprint density at radius 1 is 1.31 bits per heavy atom. The molecule has 1 aromatic rings. The molecule has 0 saturated carbocycles. The Hall–Kier alpha value is -1.68. The SMILES string of the molecule is O=C(O)c1cc(C=CCCCl)c(O)cc1O. The highest BCUT2D eigenvalue weighted by molar-refractivity contribution is 6.17. The van der Waals surface area contributed by atoms with Gasteiger partial charge in [-0.1, -0.05) is 12.2 Å². The summed E-state index contributed by atoms with van der Waals surface area (Å²) >= 11 is 5.47. The number of phenolic OH excluding ortho intramolecular Hbond substituents is 1. The minimum Gasteiger partial charge on any atom is -0.507 e. The molecule has 0 aliphatic rings. The van der Waals surface area contributed by atoms with Crippen molar-refractivity contribution >= 4 is 23.6 Å². The fourth-order valence-corrected chi connectivity index (χ4v) is 1.30. The molecule has 0 spiro atoms. The van der Waals surface area contributed by atoms with Gasteiger partial charge in [0.2, 0.25) is 0 Å². The molecule has 0 atom stereocenters. The van der Waals surface area contributed by atoms with E-state index in [-0.39, 0.29) is 11.3 Å². The summed E-state index contributed by atoms with van der Waals surface area (Å²) in [5.41, 5.74) is 0.0867. The molecule has 0 radical (unpaired) electrons. The molecule has 86 valence electrons. The van der Waals surface area contributed by atoms with Gasteiger partial charge in [0.25, 0.3) is 0 Å². The Kier molecular flexibility index (Phi) is 4.19. The maximum atomic E-state index is 10.7. The fourth-order valence-electron chi connectivity index (χ4n) is 1.17. The summed E-state index contributed by atoms with van der Waals surface area (Å²) in [6.07, 6.45) is 3.89. The summed E-state index contributed by atoms with van der Waals surface area (Å²) in [7, 11) is 0. The van der Waals surface area contributed by atoms with E-state index in [1.807, 2.05) is 0 Å². The van der Waals surface area contributed by atoms with Crippen molar-refractivity contribution in [1.29, 1.82) is 0 Å². The number of aromatic carboxylic acids is 1. The summed E-state index contributed by atoms with van der Waals surface area (Å²) in [6, 6.07) is 2.21. The number of hydrogen-bond acceptors (Lipinski definition) is 3. The third kappa shape index (κ3) is 2.90. The van der Waals surface area contributed by atoms with Crippen molar-refractivity contribution in [2.45, 2.75) is 6.42 Å². The highest BCUT2D eigenvalue weighted by Crippen LogP contribution is 2.28. The van der Waals surface area contributed by atoms with Gasteiger partial charge in [0.15, 0.2) is 0 Å². The van der Waals surface area contributed by atoms with Crippen molar-refractivity contribution in [2.24, 2.45) is 0 Å². The Morgan fingerprint density at radius 2 is 2.00 bits per heavy atom. The average Bonchev–Trinajstić information content (AvgIpc) is 2.21. The monoisotopic (exact) mass is 242 g/mol. The molecule has 0 fully saturated rings. The van der Waals surface area contributed by atoms with Crippen molar-refractivity contribution in [3.8, 4) is 11.5 Å². The van der Waals surface area contributed by atoms with E-state index < -0.39 is 11.7 Å². The lowest BCUT2D eigenvalue weighted by Gasteiger charge is -2.04. The maximum Gasteiger partial charge on any atom is 0.339 e. The average molecular weight is 243 g/mol. The second kappa shape index (κ2) is 5.42. The molecule has 0 aliphatic carbocycles. The predicted molar refractivity (Wildman–Crippen MR) is 61.1 cm³/mol. The quantitative estimate of drug-likeness (QED) is 0.709. The van der Waals surface area contributed by atoms with Gasteiger partial charge in [-0.3, -0.25) is 0 Å². The van der Waals surface area contributed by atoms with Gasteiger partial charge in [0.05, 0.1) is 0 Å². The number of allylic oxidation sites excluding steroid dienone is 1. The van der Waals surface area contributed by atoms with Gasteiger partial charge in [-0.15, -0.1) is 11.6 Å². The zero-order valence-corrected chi connectivity index (χ0v) is 9.11. The number of phenols is 2. The van der Waals surface area contributed by atoms with Gasteiger partial charge < -0.3 is 15.3 Å². The van der Waals surface area contributed by atoms with Gasteiger partial charge in [0.1, 0.15) is 17.1 Å². The summed E-state index contributed by atoms with van der Waals surface area (Å²) in [5, 5.41) is 27.5. The standard InChI is InChI=1S/C11H11ClO4/c12-4-2-1-3-7-5-8(11(15)16)10(14)6-9(7)13/h1,3,5-6,13-14H,2,4H2,(H,15,16). The molecule has 3 N–H and O–H groups in total. The van der Waals surface area contributed by atoms with E-state index in [1.165, 1.54) is 6.07 Å². The first-order valence-corrected chi connectivity index (χ1v) is 5.11. The molecule has 5 heteroatoms. The number of carbonyl (C=O) groups is 1. The van der Waals surface area contributed by atoms with Crippen LogP contribution in [0.15, 0.2) is 18.2 Å². The molecule has 4 nitrogen and oxygen atoms in total. The minimum atomic E-state index is -1.25. The van der Waals surface area contributed by atoms with Crippen LogP contribution in [0.25, 0.3) is 6.08 Å². The summed E-state index contributed by atoms with van der Waals surface area (Å²) in [6.45, 7) is 0. The van der Waals surface area contributed by atoms with Crippen molar-refractivity contribution in [2.75, 3.05) is 5.88 Å². The molecule has 0 heterocycles. The van der Waals surface area contributed by atoms with Gasteiger partial charge in [-0.05, 0) is 12.5 Å². The van der Waals surface area contributed by atoms with E-state index in [2.05, 4.69) is 0 Å². The summed E-state index contributed by atoms with van der Waals surface area (Å²) in [5.74, 6) is -1.43. The Bertz CT molecular complexity index is 426. The number of rotatable bonds is 4. The van der Waals surface area contributed by atoms with E-state index in [0.29, 0.717) is 17.9 Å². The van der Waals surface area contributed by atoms with Gasteiger partial charge in [-0.25, -0.2) is 4.79 Å². The number of benzene rings is 1. The van der Waals surface area contributed by atoms with Gasteiger partial charge in [0, 0.05) is 17.5 Å². The van der Waals surface area contributed by atoms with E-state index in [4.69, 9.17) is 16.7 Å². The molecule has 0 unspecified atom stereocenters. The van der Waals surface area contributed by atoms with E-state index in [1.54, 1.807) is 12.2 Å². The summed E-state index contributed by atoms with van der Waals surface area (Å²) < 4.78 is 0. The molecular formula is C11H11ClO4. The number of halogens is 1. The van der Waals surface area contributed by atoms with Gasteiger partial charge in [-0.2, -0.15) is 0 Å². The van der Waals surface area contributed by atoms with E-state index in [9.17, 15) is 15.0 Å². The first-order chi connectivity index (χ1) is 7.56. The number of carboxylic acids is 1. The number of carboxylic acid groups (broad SMARTS) is 1. The fraction of sp³-hybridized carbons (Fsp3) is 0.182. The highest BCUT2D eigenvalue weighted by Gasteiger charge is 2.12. The van der Waals surface area contributed by atoms with Crippen LogP contribution in [0.2, 0.25) is 0 Å². The van der Waals surface area contributed by atoms with Crippen LogP contribution in [0.1, 0.15) is 22.3 Å². The van der Waals surface area contributed by atoms with Crippen LogP contribution < -0.4 is 0 Å². The molecule has 0 aromatic heterocycles. The Labute approximate surface area is 97.4 Å². The topological polar surface area (TPSA) is 77.8 Å². The Morgan fingerprint density at radius 3 is 2.56 bits per heavy atom. The smallest absolute Gasteiger partial charge is 0.339 e. The largest absolute Gasteiger partial charge is 0.507 e. The molecule has 16 heavy (non-hydrogen) atoms. The van der Waals surface area contributed by atoms with Crippen LogP contribution in [0.5, 0.6) is 11.5 Å². The van der Waals surface area contributed by atoms with Crippen molar-refractivity contribution < 1.29 is 20.1 Å². The molecule has 1 rings (SSSR count). The zero-order chi connectivity index (χ0) is 12.1. The molecule has 0 saturated heterocycles. The third-order valence-corrected chi connectivity index (χ3v) is 2.17. The second-order valence-corrected chi connectivity index (χ2v) is 3.49. The van der Waals surface area contributed by atoms with Crippen molar-refractivity contribution in [3.63, 3.8) is 0 Å². The van der Waals surface area contributed by atoms with Gasteiger partial charge >= 0.3 is 5.97 Å². The zero-order valence-electron chi connectivity index (χ0n) is 8.35. The summed E-state index contributed by atoms with van der Waals surface area (Å²) in [4.78, 5) is 10.7. The lowest BCUT2D eigenvalue weighted by atomic mass is 10.1. The number of hydrogen-bond donors (Lipinski definition) is 3. The third-order valence-electron chi connectivity index (χ3n) is 1.95. The molecular weight excluding hydrogens is 232 g/mol. The van der Waals surface area contributed by atoms with Crippen molar-refractivity contribution in [3.05, 3.63) is 29.3 Å². The molecule has 0 aliphatic heterocycles. The second-order valence-electron chi connectivity index (χ2n) is 3.11.